The number of halogens is 1. The molecule has 1 aromatic rings. The van der Waals surface area contributed by atoms with Crippen LogP contribution < -0.4 is 5.73 Å². The zero-order chi connectivity index (χ0) is 14.4. The molecule has 2 atom stereocenters. The van der Waals surface area contributed by atoms with Crippen LogP contribution in [-0.4, -0.2) is 22.9 Å². The van der Waals surface area contributed by atoms with Gasteiger partial charge in [-0.3, -0.25) is 9.59 Å². The number of rotatable bonds is 7. The molecule has 0 aromatic heterocycles. The summed E-state index contributed by atoms with van der Waals surface area (Å²) >= 11 is 0. The Kier molecular flexibility index (Phi) is 5.63. The molecule has 0 aliphatic carbocycles. The number of carbonyl (C=O) groups is 2. The summed E-state index contributed by atoms with van der Waals surface area (Å²) in [6.45, 7) is 0.803. The van der Waals surface area contributed by atoms with Crippen LogP contribution in [0.15, 0.2) is 24.3 Å². The molecule has 0 amide bonds. The van der Waals surface area contributed by atoms with Gasteiger partial charge in [-0.05, 0) is 30.9 Å². The van der Waals surface area contributed by atoms with Crippen LogP contribution in [0.1, 0.15) is 24.5 Å². The lowest BCUT2D eigenvalue weighted by molar-refractivity contribution is -0.142. The fraction of sp³-hybridized carbons (Fsp3) is 0.429. The number of carboxylic acids is 1. The molecule has 1 aromatic carbocycles. The molecule has 4 nitrogen and oxygen atoms in total. The maximum absolute atomic E-state index is 12.4. The molecule has 0 aliphatic heterocycles. The monoisotopic (exact) mass is 266 g/mol. The highest BCUT2D eigenvalue weighted by atomic mass is 18.2. The minimum Gasteiger partial charge on any atom is -0.481 e. The molecule has 0 heterocycles. The number of hydrogen-bond donors (Lipinski definition) is 2. The van der Waals surface area contributed by atoms with Crippen molar-refractivity contribution < 1.29 is 19.1 Å². The highest BCUT2D eigenvalue weighted by Crippen LogP contribution is 2.16. The lowest BCUT2D eigenvalue weighted by Crippen LogP contribution is -2.33. The minimum absolute atomic E-state index is 0.107. The molecular formula is C14H18FNO3. The molecule has 104 valence electrons. The first-order chi connectivity index (χ1) is 8.93. The summed E-state index contributed by atoms with van der Waals surface area (Å²) in [5, 5.41) is 9.14. The Hall–Kier alpha value is -1.75. The topological polar surface area (TPSA) is 80.4 Å². The average Bonchev–Trinajstić information content (AvgIpc) is 2.38. The van der Waals surface area contributed by atoms with Gasteiger partial charge in [-0.1, -0.05) is 24.3 Å². The van der Waals surface area contributed by atoms with Crippen molar-refractivity contribution in [1.29, 1.82) is 0 Å². The van der Waals surface area contributed by atoms with Crippen LogP contribution in [0.3, 0.4) is 0 Å². The molecule has 5 heteroatoms. The molecule has 0 aliphatic rings. The molecule has 0 spiro atoms. The first-order valence-electron chi connectivity index (χ1n) is 6.06. The van der Waals surface area contributed by atoms with Crippen LogP contribution >= 0.6 is 0 Å². The molecule has 3 N–H and O–H groups in total. The van der Waals surface area contributed by atoms with Crippen LogP contribution in [0.4, 0.5) is 4.39 Å². The second-order valence-corrected chi connectivity index (χ2v) is 4.64. The summed E-state index contributed by atoms with van der Waals surface area (Å²) in [5.74, 6) is -1.92. The largest absolute Gasteiger partial charge is 0.481 e. The lowest BCUT2D eigenvalue weighted by atomic mass is 9.91. The Balaban J connectivity index is 2.72. The third-order valence-corrected chi connectivity index (χ3v) is 3.07. The third kappa shape index (κ3) is 4.79. The number of Topliss-reactive ketones (excluding diaryl/α,β-unsaturated/α-hetero) is 1. The van der Waals surface area contributed by atoms with Gasteiger partial charge in [0.1, 0.15) is 12.5 Å². The summed E-state index contributed by atoms with van der Waals surface area (Å²) in [6.07, 6.45) is 0.387. The van der Waals surface area contributed by atoms with Crippen LogP contribution in [0.2, 0.25) is 0 Å². The van der Waals surface area contributed by atoms with Gasteiger partial charge in [0.05, 0.1) is 12.0 Å². The molecule has 0 radical (unpaired) electrons. The Morgan fingerprint density at radius 3 is 2.21 bits per heavy atom. The van der Waals surface area contributed by atoms with Gasteiger partial charge in [-0.25, -0.2) is 4.39 Å². The van der Waals surface area contributed by atoms with E-state index in [0.29, 0.717) is 5.56 Å². The van der Waals surface area contributed by atoms with Gasteiger partial charge >= 0.3 is 5.97 Å². The predicted molar refractivity (Wildman–Crippen MR) is 69.4 cm³/mol. The first-order valence-corrected chi connectivity index (χ1v) is 6.06. The Bertz CT molecular complexity index is 445. The van der Waals surface area contributed by atoms with E-state index in [4.69, 9.17) is 10.8 Å². The Morgan fingerprint density at radius 1 is 1.26 bits per heavy atom. The van der Waals surface area contributed by atoms with Crippen LogP contribution in [-0.2, 0) is 22.7 Å². The van der Waals surface area contributed by atoms with Crippen molar-refractivity contribution in [2.75, 3.05) is 0 Å². The van der Waals surface area contributed by atoms with Crippen molar-refractivity contribution in [2.45, 2.75) is 32.5 Å². The molecule has 0 saturated carbocycles. The van der Waals surface area contributed by atoms with E-state index < -0.39 is 24.6 Å². The van der Waals surface area contributed by atoms with Crippen molar-refractivity contribution in [2.24, 2.45) is 11.7 Å². The fourth-order valence-electron chi connectivity index (χ4n) is 1.79. The normalized spacial score (nSPS) is 13.8. The molecule has 19 heavy (non-hydrogen) atoms. The van der Waals surface area contributed by atoms with E-state index in [0.717, 1.165) is 5.56 Å². The summed E-state index contributed by atoms with van der Waals surface area (Å²) in [6, 6.07) is 5.89. The average molecular weight is 266 g/mol. The fourth-order valence-corrected chi connectivity index (χ4v) is 1.79. The van der Waals surface area contributed by atoms with Crippen molar-refractivity contribution in [3.63, 3.8) is 0 Å². The standard InChI is InChI=1S/C14H18FNO3/c1-9(17)13(16)7-12(14(18)19)6-10-2-4-11(8-15)5-3-10/h2-5,12-13H,6-8,16H2,1H3,(H,18,19)/t12?,13-/m0/s1/i15-1. The molecular weight excluding hydrogens is 248 g/mol. The summed E-state index contributed by atoms with van der Waals surface area (Å²) in [5.41, 5.74) is 6.94. The SMILES string of the molecule is CC(=O)[C@@H](N)CC(Cc1ccc(C[18F])cc1)C(=O)O. The predicted octanol–water partition coefficient (Wildman–Crippen LogP) is 1.71. The molecule has 0 saturated heterocycles. The first kappa shape index (κ1) is 15.3. The Morgan fingerprint density at radius 2 is 1.79 bits per heavy atom. The van der Waals surface area contributed by atoms with Gasteiger partial charge in [0, 0.05) is 0 Å². The van der Waals surface area contributed by atoms with E-state index >= 15 is 0 Å². The lowest BCUT2D eigenvalue weighted by Gasteiger charge is -2.15. The van der Waals surface area contributed by atoms with Crippen molar-refractivity contribution in [1.82, 2.24) is 0 Å². The van der Waals surface area contributed by atoms with Gasteiger partial charge < -0.3 is 10.8 Å². The minimum atomic E-state index is -0.980. The van der Waals surface area contributed by atoms with E-state index in [1.807, 2.05) is 0 Å². The highest BCUT2D eigenvalue weighted by Gasteiger charge is 2.23. The number of carbonyl (C=O) groups excluding carboxylic acids is 1. The molecule has 1 rings (SSSR count). The molecule has 0 bridgehead atoms. The third-order valence-electron chi connectivity index (χ3n) is 3.07. The van der Waals surface area contributed by atoms with E-state index in [2.05, 4.69) is 0 Å². The number of benzene rings is 1. The number of nitrogens with two attached hydrogens (primary N) is 1. The number of hydrogen-bond acceptors (Lipinski definition) is 3. The van der Waals surface area contributed by atoms with Gasteiger partial charge in [-0.2, -0.15) is 0 Å². The molecule has 1 unspecified atom stereocenters. The van der Waals surface area contributed by atoms with Crippen molar-refractivity contribution in [3.8, 4) is 0 Å². The van der Waals surface area contributed by atoms with Crippen LogP contribution in [0.5, 0.6) is 0 Å². The second-order valence-electron chi connectivity index (χ2n) is 4.64. The van der Waals surface area contributed by atoms with Gasteiger partial charge in [-0.15, -0.1) is 0 Å². The number of alkyl halides is 1. The summed E-state index contributed by atoms with van der Waals surface area (Å²) in [7, 11) is 0. The van der Waals surface area contributed by atoms with Crippen LogP contribution in [0.25, 0.3) is 0 Å². The van der Waals surface area contributed by atoms with E-state index in [-0.39, 0.29) is 18.6 Å². The number of ketones is 1. The molecule has 0 fully saturated rings. The highest BCUT2D eigenvalue weighted by molar-refractivity contribution is 5.82. The number of carboxylic acid groups (broad SMARTS) is 1. The smallest absolute Gasteiger partial charge is 0.306 e. The van der Waals surface area contributed by atoms with Crippen molar-refractivity contribution >= 4 is 11.8 Å². The van der Waals surface area contributed by atoms with E-state index in [1.54, 1.807) is 24.3 Å². The van der Waals surface area contributed by atoms with Crippen molar-refractivity contribution in [3.05, 3.63) is 35.4 Å². The van der Waals surface area contributed by atoms with E-state index in [9.17, 15) is 14.0 Å². The summed E-state index contributed by atoms with van der Waals surface area (Å²) < 4.78 is 12.4. The second kappa shape index (κ2) is 6.99. The van der Waals surface area contributed by atoms with Crippen LogP contribution in [0, 0.1) is 5.92 Å². The zero-order valence-electron chi connectivity index (χ0n) is 10.8. The zero-order valence-corrected chi connectivity index (χ0v) is 10.8. The quantitative estimate of drug-likeness (QED) is 0.787. The Labute approximate surface area is 111 Å². The van der Waals surface area contributed by atoms with Gasteiger partial charge in [0.25, 0.3) is 0 Å². The summed E-state index contributed by atoms with van der Waals surface area (Å²) in [4.78, 5) is 22.2. The maximum atomic E-state index is 12.4. The number of aliphatic carboxylic acids is 1. The van der Waals surface area contributed by atoms with Gasteiger partial charge in [0.15, 0.2) is 0 Å². The van der Waals surface area contributed by atoms with E-state index in [1.165, 1.54) is 6.92 Å². The van der Waals surface area contributed by atoms with Gasteiger partial charge in [0.2, 0.25) is 0 Å². The maximum Gasteiger partial charge on any atom is 0.306 e.